The first-order chi connectivity index (χ1) is 14.6. The molecule has 6 nitrogen and oxygen atoms in total. The first-order valence-electron chi connectivity index (χ1n) is 12.2. The van der Waals surface area contributed by atoms with Crippen molar-refractivity contribution in [3.05, 3.63) is 11.6 Å². The lowest BCUT2D eigenvalue weighted by Crippen LogP contribution is -2.58. The molecule has 0 aromatic carbocycles. The first kappa shape index (κ1) is 22.6. The van der Waals surface area contributed by atoms with Crippen molar-refractivity contribution in [3.8, 4) is 0 Å². The molecule has 8 atom stereocenters. The number of fused-ring (bicyclic) bond motifs is 2. The summed E-state index contributed by atoms with van der Waals surface area (Å²) in [5.41, 5.74) is 0.388. The minimum Gasteiger partial charge on any atom is -0.462 e. The van der Waals surface area contributed by atoms with Crippen LogP contribution in [-0.4, -0.2) is 52.0 Å². The van der Waals surface area contributed by atoms with Gasteiger partial charge in [0.25, 0.3) is 0 Å². The molecule has 0 bridgehead atoms. The first-order valence-corrected chi connectivity index (χ1v) is 12.2. The molecule has 3 fully saturated rings. The molecule has 4 rings (SSSR count). The van der Waals surface area contributed by atoms with Gasteiger partial charge in [0.15, 0.2) is 0 Å². The normalized spacial score (nSPS) is 40.9. The van der Waals surface area contributed by atoms with Crippen LogP contribution >= 0.6 is 0 Å². The summed E-state index contributed by atoms with van der Waals surface area (Å²) in [7, 11) is 0. The molecule has 6 heteroatoms. The minimum absolute atomic E-state index is 0.0202. The Labute approximate surface area is 186 Å². The van der Waals surface area contributed by atoms with Crippen molar-refractivity contribution in [3.63, 3.8) is 0 Å². The van der Waals surface area contributed by atoms with Gasteiger partial charge in [-0.3, -0.25) is 4.79 Å². The number of carbonyl (C=O) groups is 2. The molecule has 2 aliphatic heterocycles. The summed E-state index contributed by atoms with van der Waals surface area (Å²) in [4.78, 5) is 28.0. The summed E-state index contributed by atoms with van der Waals surface area (Å²) < 4.78 is 11.5. The molecular weight excluding hydrogens is 394 g/mol. The maximum Gasteiger partial charge on any atom is 0.410 e. The molecule has 174 valence electrons. The van der Waals surface area contributed by atoms with E-state index in [4.69, 9.17) is 9.47 Å². The summed E-state index contributed by atoms with van der Waals surface area (Å²) in [6.07, 6.45) is 7.68. The van der Waals surface area contributed by atoms with Crippen molar-refractivity contribution in [1.82, 2.24) is 4.90 Å². The summed E-state index contributed by atoms with van der Waals surface area (Å²) in [6.45, 7) is 9.70. The zero-order chi connectivity index (χ0) is 22.5. The van der Waals surface area contributed by atoms with Gasteiger partial charge in [0.05, 0.1) is 12.0 Å². The van der Waals surface area contributed by atoms with E-state index in [9.17, 15) is 14.7 Å². The number of piperidine rings is 1. The number of ether oxygens (including phenoxy) is 2. The van der Waals surface area contributed by atoms with Crippen LogP contribution in [0.25, 0.3) is 0 Å². The minimum atomic E-state index is -0.652. The molecule has 2 heterocycles. The Morgan fingerprint density at radius 2 is 1.77 bits per heavy atom. The van der Waals surface area contributed by atoms with Crippen LogP contribution in [0.1, 0.15) is 79.6 Å². The third-order valence-electron chi connectivity index (χ3n) is 7.98. The van der Waals surface area contributed by atoms with Crippen LogP contribution < -0.4 is 0 Å². The van der Waals surface area contributed by atoms with Gasteiger partial charge in [-0.2, -0.15) is 0 Å². The highest BCUT2D eigenvalue weighted by Gasteiger charge is 2.51. The number of cyclic esters (lactones) is 1. The molecule has 0 spiro atoms. The lowest BCUT2D eigenvalue weighted by atomic mass is 9.63. The number of aliphatic hydroxyl groups excluding tert-OH is 1. The molecule has 31 heavy (non-hydrogen) atoms. The second kappa shape index (κ2) is 8.42. The summed E-state index contributed by atoms with van der Waals surface area (Å²) in [5.74, 6) is 0.193. The van der Waals surface area contributed by atoms with E-state index in [2.05, 4.69) is 6.92 Å². The van der Waals surface area contributed by atoms with Crippen molar-refractivity contribution >= 4 is 12.1 Å². The van der Waals surface area contributed by atoms with E-state index < -0.39 is 11.7 Å². The van der Waals surface area contributed by atoms with E-state index in [0.29, 0.717) is 12.3 Å². The fraction of sp³-hybridized carbons (Fsp3) is 0.840. The average Bonchev–Trinajstić information content (AvgIpc) is 2.66. The molecular formula is C25H39NO5. The van der Waals surface area contributed by atoms with Gasteiger partial charge in [0.2, 0.25) is 0 Å². The predicted molar refractivity (Wildman–Crippen MR) is 117 cm³/mol. The van der Waals surface area contributed by atoms with Crippen LogP contribution in [0.2, 0.25) is 0 Å². The molecule has 2 aliphatic carbocycles. The third-order valence-corrected chi connectivity index (χ3v) is 7.98. The number of likely N-dealkylation sites (tertiary alicyclic amines) is 1. The van der Waals surface area contributed by atoms with Crippen LogP contribution in [0.3, 0.4) is 0 Å². The van der Waals surface area contributed by atoms with Crippen molar-refractivity contribution in [1.29, 1.82) is 0 Å². The molecule has 1 N–H and O–H groups in total. The van der Waals surface area contributed by atoms with Gasteiger partial charge >= 0.3 is 12.1 Å². The maximum absolute atomic E-state index is 13.1. The summed E-state index contributed by atoms with van der Waals surface area (Å²) in [5, 5.41) is 11.1. The number of amides is 1. The monoisotopic (exact) mass is 433 g/mol. The third kappa shape index (κ3) is 4.37. The number of carbonyl (C=O) groups excluding carboxylic acids is 2. The van der Waals surface area contributed by atoms with Gasteiger partial charge in [-0.05, 0) is 78.6 Å². The number of hydrogen-bond acceptors (Lipinski definition) is 5. The second-order valence-electron chi connectivity index (χ2n) is 11.2. The van der Waals surface area contributed by atoms with E-state index >= 15 is 0 Å². The van der Waals surface area contributed by atoms with E-state index in [-0.39, 0.29) is 48.0 Å². The maximum atomic E-state index is 13.1. The van der Waals surface area contributed by atoms with Gasteiger partial charge in [0.1, 0.15) is 11.7 Å². The highest BCUT2D eigenvalue weighted by Crippen LogP contribution is 2.48. The number of aliphatic hydroxyl groups is 1. The standard InChI is InChI=1S/C25H39NO5/c1-14-10-11-19-20(26(14)24(29)31-25(3,4)5)12-16(13-21(19)27)22-18-9-7-6-8-17(18)15(2)30-23(22)28/h13-15,17-22,27H,6-12H2,1-5H3/t14-,15+,17-,18+,19+,20+,21?,22-/m0/s1. The van der Waals surface area contributed by atoms with Gasteiger partial charge in [-0.15, -0.1) is 0 Å². The Hall–Kier alpha value is -1.56. The van der Waals surface area contributed by atoms with E-state index in [1.807, 2.05) is 38.7 Å². The largest absolute Gasteiger partial charge is 0.462 e. The van der Waals surface area contributed by atoms with Crippen LogP contribution in [0.15, 0.2) is 11.6 Å². The fourth-order valence-corrected chi connectivity index (χ4v) is 6.59. The lowest BCUT2D eigenvalue weighted by molar-refractivity contribution is -0.171. The van der Waals surface area contributed by atoms with E-state index in [1.165, 1.54) is 6.42 Å². The zero-order valence-corrected chi connectivity index (χ0v) is 19.7. The zero-order valence-electron chi connectivity index (χ0n) is 19.7. The van der Waals surface area contributed by atoms with Crippen molar-refractivity contribution in [2.24, 2.45) is 23.7 Å². The van der Waals surface area contributed by atoms with Gasteiger partial charge < -0.3 is 19.5 Å². The summed E-state index contributed by atoms with van der Waals surface area (Å²) in [6, 6.07) is -0.105. The molecule has 1 amide bonds. The van der Waals surface area contributed by atoms with Crippen molar-refractivity contribution in [2.45, 2.75) is 109 Å². The van der Waals surface area contributed by atoms with Gasteiger partial charge in [0, 0.05) is 18.0 Å². The molecule has 0 aromatic heterocycles. The van der Waals surface area contributed by atoms with E-state index in [0.717, 1.165) is 37.7 Å². The summed E-state index contributed by atoms with van der Waals surface area (Å²) >= 11 is 0. The average molecular weight is 434 g/mol. The number of nitrogens with zero attached hydrogens (tertiary/aromatic N) is 1. The van der Waals surface area contributed by atoms with Crippen molar-refractivity contribution in [2.75, 3.05) is 0 Å². The lowest BCUT2D eigenvalue weighted by Gasteiger charge is -2.51. The van der Waals surface area contributed by atoms with Crippen LogP contribution in [-0.2, 0) is 14.3 Å². The number of rotatable bonds is 1. The quantitative estimate of drug-likeness (QED) is 0.488. The molecule has 0 radical (unpaired) electrons. The Morgan fingerprint density at radius 3 is 2.45 bits per heavy atom. The Kier molecular flexibility index (Phi) is 6.14. The highest BCUT2D eigenvalue weighted by molar-refractivity contribution is 5.78. The Bertz CT molecular complexity index is 741. The topological polar surface area (TPSA) is 76.1 Å². The highest BCUT2D eigenvalue weighted by atomic mass is 16.6. The smallest absolute Gasteiger partial charge is 0.410 e. The predicted octanol–water partition coefficient (Wildman–Crippen LogP) is 4.45. The molecule has 4 aliphatic rings. The molecule has 1 saturated carbocycles. The molecule has 2 saturated heterocycles. The number of hydrogen-bond donors (Lipinski definition) is 1. The Morgan fingerprint density at radius 1 is 1.10 bits per heavy atom. The van der Waals surface area contributed by atoms with Crippen LogP contribution in [0.4, 0.5) is 4.79 Å². The Balaban J connectivity index is 1.62. The molecule has 1 unspecified atom stereocenters. The van der Waals surface area contributed by atoms with Crippen LogP contribution in [0.5, 0.6) is 0 Å². The fourth-order valence-electron chi connectivity index (χ4n) is 6.59. The van der Waals surface area contributed by atoms with Gasteiger partial charge in [-0.25, -0.2) is 4.79 Å². The van der Waals surface area contributed by atoms with E-state index in [1.54, 1.807) is 0 Å². The van der Waals surface area contributed by atoms with Crippen LogP contribution in [0, 0.1) is 23.7 Å². The van der Waals surface area contributed by atoms with Crippen molar-refractivity contribution < 1.29 is 24.2 Å². The van der Waals surface area contributed by atoms with Gasteiger partial charge in [-0.1, -0.05) is 24.5 Å². The number of esters is 1. The molecule has 0 aromatic rings. The second-order valence-corrected chi connectivity index (χ2v) is 11.2. The SMILES string of the molecule is C[C@H]1OC(=O)[C@@H](C2=CC(O)[C@@H]3CC[C@H](C)N(C(=O)OC(C)(C)C)[C@@H]3C2)[C@@H]2CCCC[C@H]21.